The van der Waals surface area contributed by atoms with Crippen LogP contribution in [0.3, 0.4) is 0 Å². The maximum Gasteiger partial charge on any atom is 0.226 e. The second kappa shape index (κ2) is 12.1. The average molecular weight is 489 g/mol. The predicted molar refractivity (Wildman–Crippen MR) is 138 cm³/mol. The van der Waals surface area contributed by atoms with Crippen molar-refractivity contribution in [2.75, 3.05) is 14.2 Å². The Bertz CT molecular complexity index is 1260. The minimum Gasteiger partial charge on any atom is -0.493 e. The molecule has 7 heteroatoms. The van der Waals surface area contributed by atoms with Crippen LogP contribution in [0.1, 0.15) is 22.4 Å². The van der Waals surface area contributed by atoms with Crippen molar-refractivity contribution in [3.8, 4) is 22.1 Å². The van der Waals surface area contributed by atoms with Gasteiger partial charge in [-0.3, -0.25) is 4.79 Å². The van der Waals surface area contributed by atoms with Gasteiger partial charge in [0.15, 0.2) is 11.5 Å². The third-order valence-corrected chi connectivity index (χ3v) is 6.33. The Balaban J connectivity index is 1.27. The van der Waals surface area contributed by atoms with E-state index in [1.807, 2.05) is 72.1 Å². The minimum atomic E-state index is -0.0695. The van der Waals surface area contributed by atoms with Crippen molar-refractivity contribution in [3.63, 3.8) is 0 Å². The summed E-state index contributed by atoms with van der Waals surface area (Å²) in [4.78, 5) is 17.1. The second-order valence-electron chi connectivity index (χ2n) is 7.97. The van der Waals surface area contributed by atoms with Crippen molar-refractivity contribution >= 4 is 17.2 Å². The van der Waals surface area contributed by atoms with Crippen molar-refractivity contribution in [3.05, 3.63) is 101 Å². The van der Waals surface area contributed by atoms with Gasteiger partial charge in [0.05, 0.1) is 39.5 Å². The van der Waals surface area contributed by atoms with Crippen molar-refractivity contribution in [2.45, 2.75) is 26.2 Å². The molecule has 0 bridgehead atoms. The summed E-state index contributed by atoms with van der Waals surface area (Å²) in [5.41, 5.74) is 4.91. The summed E-state index contributed by atoms with van der Waals surface area (Å²) in [5.74, 6) is 1.24. The highest BCUT2D eigenvalue weighted by atomic mass is 32.1. The summed E-state index contributed by atoms with van der Waals surface area (Å²) in [7, 11) is 3.21. The zero-order valence-corrected chi connectivity index (χ0v) is 20.6. The first kappa shape index (κ1) is 24.4. The van der Waals surface area contributed by atoms with Crippen LogP contribution < -0.4 is 14.8 Å². The fourth-order valence-electron chi connectivity index (χ4n) is 3.61. The summed E-state index contributed by atoms with van der Waals surface area (Å²) in [6.07, 6.45) is 0.226. The van der Waals surface area contributed by atoms with Crippen molar-refractivity contribution in [1.82, 2.24) is 10.3 Å². The molecule has 4 aromatic rings. The number of carbonyl (C=O) groups excluding carboxylic acids is 1. The van der Waals surface area contributed by atoms with E-state index in [2.05, 4.69) is 16.4 Å². The molecule has 0 aliphatic carbocycles. The molecule has 0 fully saturated rings. The fraction of sp³-hybridized carbons (Fsp3) is 0.214. The standard InChI is InChI=1S/C28H28N2O4S/c1-32-25-12-11-23(14-26(25)33-2)28-30-24(19-35-28)15-27(31)29-16-21-9-6-10-22(13-21)18-34-17-20-7-4-3-5-8-20/h3-14,19H,15-18H2,1-2H3,(H,29,31). The molecule has 0 spiro atoms. The molecule has 3 aromatic carbocycles. The number of rotatable bonds is 11. The van der Waals surface area contributed by atoms with Gasteiger partial charge in [0.2, 0.25) is 5.91 Å². The lowest BCUT2D eigenvalue weighted by atomic mass is 10.1. The Hall–Kier alpha value is -3.68. The van der Waals surface area contributed by atoms with Crippen LogP contribution in [0.4, 0.5) is 0 Å². The van der Waals surface area contributed by atoms with Crippen molar-refractivity contribution in [1.29, 1.82) is 0 Å². The average Bonchev–Trinajstić information content (AvgIpc) is 3.36. The number of amides is 1. The van der Waals surface area contributed by atoms with E-state index in [4.69, 9.17) is 14.2 Å². The van der Waals surface area contributed by atoms with Gasteiger partial charge in [-0.05, 0) is 34.9 Å². The molecule has 0 radical (unpaired) electrons. The number of hydrogen-bond acceptors (Lipinski definition) is 6. The smallest absolute Gasteiger partial charge is 0.226 e. The number of methoxy groups -OCH3 is 2. The number of carbonyl (C=O) groups is 1. The van der Waals surface area contributed by atoms with Crippen LogP contribution in [0, 0.1) is 0 Å². The summed E-state index contributed by atoms with van der Waals surface area (Å²) in [6.45, 7) is 1.55. The SMILES string of the molecule is COc1ccc(-c2nc(CC(=O)NCc3cccc(COCc4ccccc4)c3)cs2)cc1OC. The molecule has 1 N–H and O–H groups in total. The van der Waals surface area contributed by atoms with Crippen LogP contribution in [-0.2, 0) is 35.7 Å². The number of hydrogen-bond donors (Lipinski definition) is 1. The second-order valence-corrected chi connectivity index (χ2v) is 8.82. The Morgan fingerprint density at radius 1 is 0.857 bits per heavy atom. The van der Waals surface area contributed by atoms with Crippen LogP contribution in [-0.4, -0.2) is 25.1 Å². The van der Waals surface area contributed by atoms with Gasteiger partial charge in [-0.2, -0.15) is 0 Å². The summed E-state index contributed by atoms with van der Waals surface area (Å²) in [6, 6.07) is 23.8. The third-order valence-electron chi connectivity index (χ3n) is 5.39. The molecule has 4 rings (SSSR count). The molecule has 180 valence electrons. The summed E-state index contributed by atoms with van der Waals surface area (Å²) < 4.78 is 16.5. The van der Waals surface area contributed by atoms with Crippen LogP contribution in [0.2, 0.25) is 0 Å². The van der Waals surface area contributed by atoms with Crippen LogP contribution in [0.25, 0.3) is 10.6 Å². The molecular weight excluding hydrogens is 460 g/mol. The zero-order chi connectivity index (χ0) is 24.5. The molecule has 0 saturated carbocycles. The van der Waals surface area contributed by atoms with Crippen molar-refractivity contribution in [2.24, 2.45) is 0 Å². The molecular formula is C28H28N2O4S. The van der Waals surface area contributed by atoms with Crippen LogP contribution >= 0.6 is 11.3 Å². The fourth-order valence-corrected chi connectivity index (χ4v) is 4.42. The topological polar surface area (TPSA) is 69.7 Å². The predicted octanol–water partition coefficient (Wildman–Crippen LogP) is 5.40. The molecule has 1 heterocycles. The van der Waals surface area contributed by atoms with E-state index in [9.17, 15) is 4.79 Å². The lowest BCUT2D eigenvalue weighted by Crippen LogP contribution is -2.24. The van der Waals surface area contributed by atoms with Gasteiger partial charge < -0.3 is 19.5 Å². The van der Waals surface area contributed by atoms with Crippen LogP contribution in [0.15, 0.2) is 78.2 Å². The molecule has 35 heavy (non-hydrogen) atoms. The molecule has 0 saturated heterocycles. The molecule has 0 atom stereocenters. The first-order valence-electron chi connectivity index (χ1n) is 11.3. The van der Waals surface area contributed by atoms with E-state index in [0.717, 1.165) is 33.0 Å². The van der Waals surface area contributed by atoms with E-state index < -0.39 is 0 Å². The van der Waals surface area contributed by atoms with E-state index in [1.165, 1.54) is 11.3 Å². The largest absolute Gasteiger partial charge is 0.493 e. The van der Waals surface area contributed by atoms with Gasteiger partial charge in [0, 0.05) is 17.5 Å². The molecule has 1 aromatic heterocycles. The molecule has 6 nitrogen and oxygen atoms in total. The van der Waals surface area contributed by atoms with E-state index in [-0.39, 0.29) is 12.3 Å². The highest BCUT2D eigenvalue weighted by Crippen LogP contribution is 2.33. The normalized spacial score (nSPS) is 10.7. The van der Waals surface area contributed by atoms with Gasteiger partial charge in [-0.15, -0.1) is 11.3 Å². The molecule has 0 aliphatic rings. The number of nitrogens with one attached hydrogen (secondary N) is 1. The number of aromatic nitrogens is 1. The van der Waals surface area contributed by atoms with Gasteiger partial charge in [-0.25, -0.2) is 4.98 Å². The lowest BCUT2D eigenvalue weighted by molar-refractivity contribution is -0.120. The van der Waals surface area contributed by atoms with E-state index >= 15 is 0 Å². The molecule has 0 aliphatic heterocycles. The number of benzene rings is 3. The first-order chi connectivity index (χ1) is 17.1. The quantitative estimate of drug-likeness (QED) is 0.306. The Morgan fingerprint density at radius 2 is 1.60 bits per heavy atom. The highest BCUT2D eigenvalue weighted by molar-refractivity contribution is 7.13. The maximum atomic E-state index is 12.5. The van der Waals surface area contributed by atoms with Gasteiger partial charge in [0.25, 0.3) is 0 Å². The molecule has 1 amide bonds. The Morgan fingerprint density at radius 3 is 2.40 bits per heavy atom. The summed E-state index contributed by atoms with van der Waals surface area (Å²) >= 11 is 1.50. The summed E-state index contributed by atoms with van der Waals surface area (Å²) in [5, 5.41) is 5.73. The number of ether oxygens (including phenoxy) is 3. The third kappa shape index (κ3) is 6.91. The van der Waals surface area contributed by atoms with Gasteiger partial charge in [-0.1, -0.05) is 54.6 Å². The zero-order valence-electron chi connectivity index (χ0n) is 19.8. The molecule has 0 unspecified atom stereocenters. The lowest BCUT2D eigenvalue weighted by Gasteiger charge is -2.08. The monoisotopic (exact) mass is 488 g/mol. The number of thiazole rings is 1. The Kier molecular flexibility index (Phi) is 8.48. The maximum absolute atomic E-state index is 12.5. The van der Waals surface area contributed by atoms with Crippen molar-refractivity contribution < 1.29 is 19.0 Å². The van der Waals surface area contributed by atoms with Gasteiger partial charge >= 0.3 is 0 Å². The van der Waals surface area contributed by atoms with Gasteiger partial charge in [0.1, 0.15) is 5.01 Å². The first-order valence-corrected chi connectivity index (χ1v) is 12.2. The highest BCUT2D eigenvalue weighted by Gasteiger charge is 2.12. The van der Waals surface area contributed by atoms with Crippen LogP contribution in [0.5, 0.6) is 11.5 Å². The van der Waals surface area contributed by atoms with E-state index in [0.29, 0.717) is 31.3 Å². The van der Waals surface area contributed by atoms with E-state index in [1.54, 1.807) is 14.2 Å². The number of nitrogens with zero attached hydrogens (tertiary/aromatic N) is 1. The minimum absolute atomic E-state index is 0.0695. The Labute approximate surface area is 209 Å².